The smallest absolute Gasteiger partial charge is 0.264 e. The minimum atomic E-state index is -3.99. The number of hydrogen-bond donors (Lipinski definition) is 1. The van der Waals surface area contributed by atoms with Gasteiger partial charge in [-0.2, -0.15) is 5.10 Å². The second kappa shape index (κ2) is 10.6. The molecule has 0 aliphatic carbocycles. The zero-order valence-corrected chi connectivity index (χ0v) is 21.1. The second-order valence-corrected chi connectivity index (χ2v) is 10.2. The lowest BCUT2D eigenvalue weighted by atomic mass is 10.2. The van der Waals surface area contributed by atoms with E-state index in [1.54, 1.807) is 36.5 Å². The van der Waals surface area contributed by atoms with Gasteiger partial charge in [0.25, 0.3) is 15.9 Å². The van der Waals surface area contributed by atoms with Crippen molar-refractivity contribution in [2.45, 2.75) is 25.7 Å². The van der Waals surface area contributed by atoms with E-state index in [0.29, 0.717) is 0 Å². The highest BCUT2D eigenvalue weighted by molar-refractivity contribution is 7.92. The maximum atomic E-state index is 13.3. The molecule has 0 bridgehead atoms. The maximum absolute atomic E-state index is 13.3. The Morgan fingerprint density at radius 3 is 2.42 bits per heavy atom. The first kappa shape index (κ1) is 24.9. The highest BCUT2D eigenvalue weighted by atomic mass is 32.2. The van der Waals surface area contributed by atoms with Crippen molar-refractivity contribution in [3.63, 3.8) is 0 Å². The van der Waals surface area contributed by atoms with E-state index in [-0.39, 0.29) is 10.6 Å². The van der Waals surface area contributed by atoms with Gasteiger partial charge in [0.1, 0.15) is 6.54 Å². The molecule has 2 aromatic carbocycles. The first-order valence-corrected chi connectivity index (χ1v) is 12.8. The van der Waals surface area contributed by atoms with E-state index < -0.39 is 22.5 Å². The predicted molar refractivity (Wildman–Crippen MR) is 141 cm³/mol. The first-order chi connectivity index (χ1) is 17.3. The lowest BCUT2D eigenvalue weighted by Gasteiger charge is -2.23. The molecule has 1 amide bonds. The van der Waals surface area contributed by atoms with E-state index in [0.717, 1.165) is 26.9 Å². The molecule has 0 unspecified atom stereocenters. The number of carbonyl (C=O) groups is 1. The first-order valence-electron chi connectivity index (χ1n) is 11.3. The topological polar surface area (TPSA) is 96.7 Å². The van der Waals surface area contributed by atoms with Crippen LogP contribution in [0.2, 0.25) is 0 Å². The number of sulfonamides is 1. The zero-order valence-electron chi connectivity index (χ0n) is 20.3. The molecule has 0 aliphatic heterocycles. The van der Waals surface area contributed by atoms with Gasteiger partial charge in [-0.15, -0.1) is 0 Å². The van der Waals surface area contributed by atoms with E-state index in [4.69, 9.17) is 0 Å². The number of aryl methyl sites for hydroxylation is 2. The Morgan fingerprint density at radius 2 is 1.75 bits per heavy atom. The molecule has 184 valence electrons. The van der Waals surface area contributed by atoms with Gasteiger partial charge in [-0.05, 0) is 63.2 Å². The quantitative estimate of drug-likeness (QED) is 0.290. The van der Waals surface area contributed by atoms with Crippen LogP contribution in [0, 0.1) is 20.8 Å². The summed E-state index contributed by atoms with van der Waals surface area (Å²) in [6, 6.07) is 21.4. The van der Waals surface area contributed by atoms with Gasteiger partial charge in [0, 0.05) is 28.8 Å². The van der Waals surface area contributed by atoms with Crippen LogP contribution in [0.3, 0.4) is 0 Å². The molecule has 1 N–H and O–H groups in total. The fraction of sp³-hybridized carbons (Fsp3) is 0.148. The third kappa shape index (κ3) is 5.36. The van der Waals surface area contributed by atoms with Gasteiger partial charge in [-0.25, -0.2) is 13.8 Å². The van der Waals surface area contributed by atoms with Crippen LogP contribution in [0.4, 0.5) is 5.69 Å². The maximum Gasteiger partial charge on any atom is 0.264 e. The number of anilines is 1. The van der Waals surface area contributed by atoms with Gasteiger partial charge >= 0.3 is 0 Å². The van der Waals surface area contributed by atoms with Crippen molar-refractivity contribution in [2.24, 2.45) is 5.10 Å². The Labute approximate surface area is 211 Å². The number of hydrazone groups is 1. The number of nitrogens with zero attached hydrogens (tertiary/aromatic N) is 4. The van der Waals surface area contributed by atoms with Crippen LogP contribution in [-0.2, 0) is 14.8 Å². The fourth-order valence-corrected chi connectivity index (χ4v) is 5.31. The van der Waals surface area contributed by atoms with Crippen LogP contribution >= 0.6 is 0 Å². The van der Waals surface area contributed by atoms with Crippen LogP contribution in [0.25, 0.3) is 5.69 Å². The molecule has 4 aromatic rings. The number of carbonyl (C=O) groups excluding carboxylic acids is 1. The lowest BCUT2D eigenvalue weighted by molar-refractivity contribution is -0.119. The summed E-state index contributed by atoms with van der Waals surface area (Å²) in [5.74, 6) is -0.582. The summed E-state index contributed by atoms with van der Waals surface area (Å²) in [7, 11) is -3.99. The largest absolute Gasteiger partial charge is 0.318 e. The van der Waals surface area contributed by atoms with E-state index >= 15 is 0 Å². The summed E-state index contributed by atoms with van der Waals surface area (Å²) in [5.41, 5.74) is 7.79. The predicted octanol–water partition coefficient (Wildman–Crippen LogP) is 4.14. The Kier molecular flexibility index (Phi) is 7.30. The van der Waals surface area contributed by atoms with Crippen molar-refractivity contribution in [1.29, 1.82) is 0 Å². The normalized spacial score (nSPS) is 11.5. The number of pyridine rings is 1. The Hall–Kier alpha value is -4.24. The Morgan fingerprint density at radius 1 is 1.03 bits per heavy atom. The molecule has 0 radical (unpaired) electrons. The highest BCUT2D eigenvalue weighted by Gasteiger charge is 2.27. The van der Waals surface area contributed by atoms with Crippen molar-refractivity contribution in [2.75, 3.05) is 10.8 Å². The molecule has 0 saturated heterocycles. The molecule has 0 spiro atoms. The van der Waals surface area contributed by atoms with Crippen molar-refractivity contribution < 1.29 is 13.2 Å². The molecule has 8 nitrogen and oxygen atoms in total. The molecule has 2 aromatic heterocycles. The molecule has 0 saturated carbocycles. The fourth-order valence-electron chi connectivity index (χ4n) is 3.89. The SMILES string of the molecule is Cc1ccc(-n2c(C)cc(/C=N\NC(=O)CN(c3cccnc3)S(=O)(=O)c3ccccc3)c2C)cc1. The van der Waals surface area contributed by atoms with Gasteiger partial charge in [-0.3, -0.25) is 14.1 Å². The summed E-state index contributed by atoms with van der Waals surface area (Å²) >= 11 is 0. The minimum absolute atomic E-state index is 0.0775. The van der Waals surface area contributed by atoms with Crippen LogP contribution in [0.1, 0.15) is 22.5 Å². The molecule has 9 heteroatoms. The molecule has 0 atom stereocenters. The van der Waals surface area contributed by atoms with Crippen molar-refractivity contribution in [3.05, 3.63) is 108 Å². The van der Waals surface area contributed by atoms with E-state index in [1.807, 2.05) is 26.8 Å². The number of benzene rings is 2. The summed E-state index contributed by atoms with van der Waals surface area (Å²) in [6.07, 6.45) is 4.50. The van der Waals surface area contributed by atoms with E-state index in [2.05, 4.69) is 44.3 Å². The number of hydrogen-bond acceptors (Lipinski definition) is 5. The Balaban J connectivity index is 1.52. The standard InChI is InChI=1S/C27H27N5O3S/c1-20-11-13-24(14-12-20)32-21(2)16-23(22(32)3)17-29-30-27(33)19-31(25-8-7-15-28-18-25)36(34,35)26-9-5-4-6-10-26/h4-18H,19H2,1-3H3,(H,30,33)/b29-17-. The van der Waals surface area contributed by atoms with Crippen molar-refractivity contribution in [3.8, 4) is 5.69 Å². The molecule has 36 heavy (non-hydrogen) atoms. The third-order valence-electron chi connectivity index (χ3n) is 5.71. The summed E-state index contributed by atoms with van der Waals surface area (Å²) in [5, 5.41) is 4.09. The summed E-state index contributed by atoms with van der Waals surface area (Å²) in [6.45, 7) is 5.57. The number of rotatable bonds is 8. The van der Waals surface area contributed by atoms with Gasteiger partial charge in [-0.1, -0.05) is 35.9 Å². The van der Waals surface area contributed by atoms with Crippen molar-refractivity contribution in [1.82, 2.24) is 15.0 Å². The van der Waals surface area contributed by atoms with Gasteiger partial charge in [0.15, 0.2) is 0 Å². The number of aromatic nitrogens is 2. The van der Waals surface area contributed by atoms with E-state index in [1.165, 1.54) is 30.1 Å². The minimum Gasteiger partial charge on any atom is -0.318 e. The van der Waals surface area contributed by atoms with Gasteiger partial charge in [0.2, 0.25) is 0 Å². The van der Waals surface area contributed by atoms with Crippen LogP contribution in [0.5, 0.6) is 0 Å². The molecule has 2 heterocycles. The molecule has 0 fully saturated rings. The highest BCUT2D eigenvalue weighted by Crippen LogP contribution is 2.23. The van der Waals surface area contributed by atoms with Crippen LogP contribution < -0.4 is 9.73 Å². The third-order valence-corrected chi connectivity index (χ3v) is 7.50. The second-order valence-electron chi connectivity index (χ2n) is 8.33. The summed E-state index contributed by atoms with van der Waals surface area (Å²) < 4.78 is 29.7. The average Bonchev–Trinajstić information content (AvgIpc) is 3.16. The number of nitrogens with one attached hydrogen (secondary N) is 1. The van der Waals surface area contributed by atoms with Crippen LogP contribution in [0.15, 0.2) is 95.2 Å². The van der Waals surface area contributed by atoms with E-state index in [9.17, 15) is 13.2 Å². The number of amides is 1. The molecule has 4 rings (SSSR count). The lowest BCUT2D eigenvalue weighted by Crippen LogP contribution is -2.39. The molecular weight excluding hydrogens is 474 g/mol. The van der Waals surface area contributed by atoms with Crippen LogP contribution in [-0.4, -0.2) is 36.6 Å². The van der Waals surface area contributed by atoms with Gasteiger partial charge < -0.3 is 4.57 Å². The monoisotopic (exact) mass is 501 g/mol. The molecular formula is C27H27N5O3S. The van der Waals surface area contributed by atoms with Crippen molar-refractivity contribution >= 4 is 27.8 Å². The molecule has 0 aliphatic rings. The Bertz CT molecular complexity index is 1480. The van der Waals surface area contributed by atoms with Gasteiger partial charge in [0.05, 0.1) is 23.0 Å². The average molecular weight is 502 g/mol. The summed E-state index contributed by atoms with van der Waals surface area (Å²) in [4.78, 5) is 16.8. The zero-order chi connectivity index (χ0) is 25.7.